The molecule has 5 aromatic rings. The molecule has 3 saturated heterocycles. The third-order valence-electron chi connectivity index (χ3n) is 14.8. The zero-order chi connectivity index (χ0) is 47.1. The van der Waals surface area contributed by atoms with Crippen molar-refractivity contribution in [3.05, 3.63) is 65.9 Å². The summed E-state index contributed by atoms with van der Waals surface area (Å²) in [6.45, 7) is 11.7. The van der Waals surface area contributed by atoms with Gasteiger partial charge in [0.25, 0.3) is 0 Å². The zero-order valence-corrected chi connectivity index (χ0v) is 39.6. The summed E-state index contributed by atoms with van der Waals surface area (Å²) in [5, 5.41) is 7.64. The lowest BCUT2D eigenvalue weighted by atomic mass is 9.90. The number of likely N-dealkylation sites (tertiary alicyclic amines) is 2. The van der Waals surface area contributed by atoms with Crippen LogP contribution < -0.4 is 15.4 Å². The van der Waals surface area contributed by atoms with E-state index in [1.165, 1.54) is 14.2 Å². The first-order valence-electron chi connectivity index (χ1n) is 24.1. The minimum atomic E-state index is -0.731. The number of fused-ring (bicyclic) bond motifs is 6. The van der Waals surface area contributed by atoms with Crippen LogP contribution in [0.3, 0.4) is 0 Å². The predicted octanol–water partition coefficient (Wildman–Crippen LogP) is 8.72. The molecule has 0 bridgehead atoms. The van der Waals surface area contributed by atoms with Crippen LogP contribution in [0.4, 0.5) is 9.59 Å². The molecule has 4 amide bonds. The SMILES string of the molecule is CCC[C@H]1[C@@H](C)C[C@@H](c2ncc(-c3ccc4c(c3)COc3cc5c(ccc6[nH]c([C@@H]7CC[C@H](CC)N7C(=O)[C@@H](NC(=O)OC)C7CCOCC7)nc65)cc3-4)[nH]2)N1C(=O)C(NC(=O)OC)C(C)C. The van der Waals surface area contributed by atoms with Crippen molar-refractivity contribution in [2.45, 2.75) is 129 Å². The van der Waals surface area contributed by atoms with Gasteiger partial charge in [0.1, 0.15) is 36.1 Å². The number of benzene rings is 3. The van der Waals surface area contributed by atoms with Crippen molar-refractivity contribution >= 4 is 45.8 Å². The number of alkyl carbamates (subject to hydrolysis) is 2. The van der Waals surface area contributed by atoms with E-state index in [1.54, 1.807) is 0 Å². The number of hydrogen-bond acceptors (Lipinski definition) is 10. The Bertz CT molecular complexity index is 2650. The van der Waals surface area contributed by atoms with E-state index in [4.69, 9.17) is 28.9 Å². The molecule has 4 aliphatic rings. The van der Waals surface area contributed by atoms with Gasteiger partial charge in [-0.05, 0) is 109 Å². The molecule has 356 valence electrons. The van der Waals surface area contributed by atoms with E-state index in [9.17, 15) is 19.2 Å². The van der Waals surface area contributed by atoms with Crippen molar-refractivity contribution in [1.82, 2.24) is 40.4 Å². The smallest absolute Gasteiger partial charge is 0.407 e. The number of nitrogens with zero attached hydrogens (tertiary/aromatic N) is 4. The van der Waals surface area contributed by atoms with Crippen LogP contribution in [0, 0.1) is 17.8 Å². The molecule has 3 fully saturated rings. The van der Waals surface area contributed by atoms with Gasteiger partial charge >= 0.3 is 12.2 Å². The van der Waals surface area contributed by atoms with E-state index >= 15 is 0 Å². The highest BCUT2D eigenvalue weighted by atomic mass is 16.5. The summed E-state index contributed by atoms with van der Waals surface area (Å²) < 4.78 is 21.9. The number of imidazole rings is 2. The molecule has 0 spiro atoms. The van der Waals surface area contributed by atoms with Crippen molar-refractivity contribution in [3.63, 3.8) is 0 Å². The lowest BCUT2D eigenvalue weighted by Gasteiger charge is -2.36. The largest absolute Gasteiger partial charge is 0.488 e. The summed E-state index contributed by atoms with van der Waals surface area (Å²) in [5.41, 5.74) is 6.62. The van der Waals surface area contributed by atoms with Gasteiger partial charge in [0.15, 0.2) is 0 Å². The fraction of sp³-hybridized carbons (Fsp3) is 0.529. The molecule has 2 aromatic heterocycles. The Morgan fingerprint density at radius 1 is 0.866 bits per heavy atom. The maximum absolute atomic E-state index is 14.6. The number of H-pyrrole nitrogens is 2. The second-order valence-electron chi connectivity index (χ2n) is 19.1. The first-order chi connectivity index (χ1) is 32.4. The summed E-state index contributed by atoms with van der Waals surface area (Å²) >= 11 is 0. The van der Waals surface area contributed by atoms with Gasteiger partial charge in [0.05, 0.1) is 49.2 Å². The Labute approximate surface area is 391 Å². The van der Waals surface area contributed by atoms with Gasteiger partial charge in [-0.1, -0.05) is 59.2 Å². The van der Waals surface area contributed by atoms with Crippen LogP contribution in [-0.4, -0.2) is 105 Å². The van der Waals surface area contributed by atoms with Gasteiger partial charge in [-0.25, -0.2) is 19.6 Å². The molecule has 0 saturated carbocycles. The summed E-state index contributed by atoms with van der Waals surface area (Å²) in [7, 11) is 2.63. The van der Waals surface area contributed by atoms with Gasteiger partial charge in [0.2, 0.25) is 11.8 Å². The molecule has 7 atom stereocenters. The van der Waals surface area contributed by atoms with Crippen LogP contribution >= 0.6 is 0 Å². The predicted molar refractivity (Wildman–Crippen MR) is 253 cm³/mol. The van der Waals surface area contributed by atoms with Gasteiger partial charge in [-0.3, -0.25) is 9.59 Å². The minimum absolute atomic E-state index is 0.0110. The Morgan fingerprint density at radius 3 is 2.37 bits per heavy atom. The van der Waals surface area contributed by atoms with Crippen molar-refractivity contribution < 1.29 is 38.1 Å². The van der Waals surface area contributed by atoms with E-state index in [0.29, 0.717) is 32.7 Å². The molecule has 0 radical (unpaired) electrons. The first-order valence-corrected chi connectivity index (χ1v) is 24.1. The number of carbonyl (C=O) groups excluding carboxylic acids is 4. The molecular weight excluding hydrogens is 853 g/mol. The Morgan fingerprint density at radius 2 is 1.64 bits per heavy atom. The van der Waals surface area contributed by atoms with E-state index in [0.717, 1.165) is 106 Å². The van der Waals surface area contributed by atoms with E-state index in [-0.39, 0.29) is 53.7 Å². The highest BCUT2D eigenvalue weighted by Gasteiger charge is 2.47. The van der Waals surface area contributed by atoms with Crippen molar-refractivity contribution in [2.75, 3.05) is 27.4 Å². The molecule has 0 aliphatic carbocycles. The van der Waals surface area contributed by atoms with E-state index < -0.39 is 24.3 Å². The topological polar surface area (TPSA) is 193 Å². The van der Waals surface area contributed by atoms with Gasteiger partial charge in [0, 0.05) is 36.2 Å². The fourth-order valence-corrected chi connectivity index (χ4v) is 11.2. The maximum atomic E-state index is 14.6. The van der Waals surface area contributed by atoms with Crippen LogP contribution in [0.1, 0.15) is 115 Å². The second-order valence-corrected chi connectivity index (χ2v) is 19.1. The maximum Gasteiger partial charge on any atom is 0.407 e. The number of amides is 4. The molecule has 3 aromatic carbocycles. The molecular formula is C51H64N8O8. The molecule has 16 heteroatoms. The molecule has 4 N–H and O–H groups in total. The second kappa shape index (κ2) is 19.2. The highest BCUT2D eigenvalue weighted by Crippen LogP contribution is 2.45. The molecule has 1 unspecified atom stereocenters. The van der Waals surface area contributed by atoms with Gasteiger partial charge in [-0.15, -0.1) is 0 Å². The summed E-state index contributed by atoms with van der Waals surface area (Å²) in [5.74, 6) is 2.04. The van der Waals surface area contributed by atoms with Crippen LogP contribution in [0.5, 0.6) is 5.75 Å². The number of hydrogen-bond donors (Lipinski definition) is 4. The molecule has 6 heterocycles. The Kier molecular flexibility index (Phi) is 13.2. The number of aromatic amines is 2. The van der Waals surface area contributed by atoms with Crippen molar-refractivity contribution in [3.8, 4) is 28.1 Å². The first kappa shape index (κ1) is 46.0. The number of rotatable bonds is 12. The van der Waals surface area contributed by atoms with Crippen LogP contribution in [-0.2, 0) is 30.4 Å². The Hall–Kier alpha value is -6.16. The van der Waals surface area contributed by atoms with Crippen LogP contribution in [0.25, 0.3) is 44.2 Å². The zero-order valence-electron chi connectivity index (χ0n) is 39.6. The normalized spacial score (nSPS) is 22.6. The molecule has 16 nitrogen and oxygen atoms in total. The third-order valence-corrected chi connectivity index (χ3v) is 14.8. The van der Waals surface area contributed by atoms with Crippen LogP contribution in [0.15, 0.2) is 48.7 Å². The molecule has 9 rings (SSSR count). The number of nitrogens with one attached hydrogen (secondary N) is 4. The number of carbonyl (C=O) groups is 4. The summed E-state index contributed by atoms with van der Waals surface area (Å²) in [4.78, 5) is 74.9. The standard InChI is InChI=1S/C51H64N8O8/c1-8-10-39-28(5)21-41(59(39)48(60)43(27(3)4)56-50(62)64-6)46-52-25-38(54-46)31-11-14-34-32(22-31)26-67-42-24-35-30(23-36(34)42)12-15-37-45(35)55-47(53-37)40-16-13-33(9-2)58(40)49(61)44(57-51(63)65-7)29-17-19-66-20-18-29/h11-12,14-15,22-25,27-29,33,39-41,43-44H,8-10,13,16-21,26H2,1-7H3,(H,52,54)(H,53,55)(H,56,62)(H,57,63)/t28-,33-,39-,40-,41-,43?,44-/m0/s1. The number of ether oxygens (including phenoxy) is 4. The summed E-state index contributed by atoms with van der Waals surface area (Å²) in [6.07, 6.45) is 6.87. The minimum Gasteiger partial charge on any atom is -0.488 e. The van der Waals surface area contributed by atoms with E-state index in [1.807, 2.05) is 29.8 Å². The van der Waals surface area contributed by atoms with Gasteiger partial charge < -0.3 is 49.3 Å². The van der Waals surface area contributed by atoms with Gasteiger partial charge in [-0.2, -0.15) is 0 Å². The Balaban J connectivity index is 0.980. The quantitative estimate of drug-likeness (QED) is 0.0941. The van der Waals surface area contributed by atoms with Crippen molar-refractivity contribution in [1.29, 1.82) is 0 Å². The van der Waals surface area contributed by atoms with E-state index in [2.05, 4.69) is 83.8 Å². The monoisotopic (exact) mass is 916 g/mol. The summed E-state index contributed by atoms with van der Waals surface area (Å²) in [6, 6.07) is 12.8. The third kappa shape index (κ3) is 8.68. The lowest BCUT2D eigenvalue weighted by Crippen LogP contribution is -2.54. The molecule has 4 aliphatic heterocycles. The van der Waals surface area contributed by atoms with Crippen molar-refractivity contribution in [2.24, 2.45) is 17.8 Å². The molecule has 67 heavy (non-hydrogen) atoms. The average molecular weight is 917 g/mol. The number of aromatic nitrogens is 4. The van der Waals surface area contributed by atoms with Crippen LogP contribution in [0.2, 0.25) is 0 Å². The number of methoxy groups -OCH3 is 2. The highest BCUT2D eigenvalue weighted by molar-refractivity contribution is 6.07. The fourth-order valence-electron chi connectivity index (χ4n) is 11.2. The average Bonchev–Trinajstić information content (AvgIpc) is 4.17. The lowest BCUT2D eigenvalue weighted by molar-refractivity contribution is -0.139.